The summed E-state index contributed by atoms with van der Waals surface area (Å²) in [6.07, 6.45) is 6.28. The average Bonchev–Trinajstić information content (AvgIpc) is 2.72. The molecular weight excluding hydrogens is 210 g/mol. The van der Waals surface area contributed by atoms with Crippen LogP contribution in [-0.2, 0) is 5.54 Å². The van der Waals surface area contributed by atoms with Crippen molar-refractivity contribution in [3.63, 3.8) is 0 Å². The van der Waals surface area contributed by atoms with Gasteiger partial charge in [-0.05, 0) is 26.7 Å². The Bertz CT molecular complexity index is 351. The van der Waals surface area contributed by atoms with E-state index in [0.29, 0.717) is 0 Å². The molecular formula is C11H18ClN3. The first-order valence-corrected chi connectivity index (χ1v) is 5.95. The Hall–Kier alpha value is -0.540. The molecule has 0 atom stereocenters. The zero-order chi connectivity index (χ0) is 11.1. The van der Waals surface area contributed by atoms with Gasteiger partial charge in [-0.3, -0.25) is 4.68 Å². The molecule has 1 aromatic rings. The van der Waals surface area contributed by atoms with Crippen LogP contribution in [0.15, 0.2) is 6.20 Å². The molecule has 1 aliphatic carbocycles. The number of nitrogens with two attached hydrogens (primary N) is 1. The molecule has 2 N–H and O–H groups in total. The van der Waals surface area contributed by atoms with E-state index in [-0.39, 0.29) is 11.6 Å². The summed E-state index contributed by atoms with van der Waals surface area (Å²) in [5.41, 5.74) is 7.15. The van der Waals surface area contributed by atoms with Crippen LogP contribution in [0, 0.1) is 0 Å². The fourth-order valence-electron chi connectivity index (χ4n) is 2.32. The second-order valence-electron chi connectivity index (χ2n) is 4.75. The smallest absolute Gasteiger partial charge is 0.132 e. The van der Waals surface area contributed by atoms with E-state index >= 15 is 0 Å². The van der Waals surface area contributed by atoms with Crippen molar-refractivity contribution in [1.82, 2.24) is 9.78 Å². The predicted octanol–water partition coefficient (Wildman–Crippen LogP) is 2.85. The van der Waals surface area contributed by atoms with E-state index in [1.807, 2.05) is 10.9 Å². The van der Waals surface area contributed by atoms with Crippen LogP contribution >= 0.6 is 11.6 Å². The van der Waals surface area contributed by atoms with Gasteiger partial charge in [-0.2, -0.15) is 5.10 Å². The summed E-state index contributed by atoms with van der Waals surface area (Å²) in [5, 5.41) is 5.03. The van der Waals surface area contributed by atoms with Gasteiger partial charge in [-0.25, -0.2) is 0 Å². The highest BCUT2D eigenvalue weighted by atomic mass is 35.5. The highest BCUT2D eigenvalue weighted by molar-refractivity contribution is 6.30. The minimum atomic E-state index is -0.232. The van der Waals surface area contributed by atoms with Crippen molar-refractivity contribution in [2.24, 2.45) is 5.73 Å². The van der Waals surface area contributed by atoms with Gasteiger partial charge in [-0.1, -0.05) is 24.4 Å². The molecule has 0 radical (unpaired) electrons. The molecule has 1 heterocycles. The van der Waals surface area contributed by atoms with Crippen molar-refractivity contribution in [3.05, 3.63) is 16.9 Å². The van der Waals surface area contributed by atoms with Crippen LogP contribution in [0.25, 0.3) is 0 Å². The van der Waals surface area contributed by atoms with Gasteiger partial charge >= 0.3 is 0 Å². The maximum atomic E-state index is 6.36. The molecule has 2 rings (SSSR count). The van der Waals surface area contributed by atoms with Gasteiger partial charge in [0.1, 0.15) is 5.15 Å². The van der Waals surface area contributed by atoms with Crippen LogP contribution in [0.1, 0.15) is 51.1 Å². The molecule has 4 heteroatoms. The number of hydrogen-bond donors (Lipinski definition) is 1. The number of aromatic nitrogens is 2. The van der Waals surface area contributed by atoms with Crippen LogP contribution in [0.3, 0.4) is 0 Å². The van der Waals surface area contributed by atoms with Crippen molar-refractivity contribution < 1.29 is 0 Å². The second-order valence-corrected chi connectivity index (χ2v) is 5.11. The lowest BCUT2D eigenvalue weighted by Crippen LogP contribution is -2.33. The number of nitrogens with zero attached hydrogens (tertiary/aromatic N) is 2. The molecule has 84 valence electrons. The standard InChI is InChI=1S/C11H18ClN3/c1-8(2)15-10(12)9(7-14-15)11(13)5-3-4-6-11/h7-8H,3-6,13H2,1-2H3. The Morgan fingerprint density at radius 2 is 2.07 bits per heavy atom. The summed E-state index contributed by atoms with van der Waals surface area (Å²) in [6, 6.07) is 0.288. The van der Waals surface area contributed by atoms with Crippen molar-refractivity contribution in [2.45, 2.75) is 51.1 Å². The number of hydrogen-bond acceptors (Lipinski definition) is 2. The summed E-state index contributed by atoms with van der Waals surface area (Å²) < 4.78 is 1.84. The third kappa shape index (κ3) is 1.79. The molecule has 0 aromatic carbocycles. The average molecular weight is 228 g/mol. The van der Waals surface area contributed by atoms with E-state index in [9.17, 15) is 0 Å². The van der Waals surface area contributed by atoms with Crippen molar-refractivity contribution in [2.75, 3.05) is 0 Å². The van der Waals surface area contributed by atoms with E-state index < -0.39 is 0 Å². The van der Waals surface area contributed by atoms with E-state index in [4.69, 9.17) is 17.3 Å². The van der Waals surface area contributed by atoms with E-state index in [1.54, 1.807) is 0 Å². The monoisotopic (exact) mass is 227 g/mol. The summed E-state index contributed by atoms with van der Waals surface area (Å²) in [4.78, 5) is 0. The largest absolute Gasteiger partial charge is 0.321 e. The van der Waals surface area contributed by atoms with Crippen LogP contribution in [0.4, 0.5) is 0 Å². The zero-order valence-electron chi connectivity index (χ0n) is 9.33. The van der Waals surface area contributed by atoms with E-state index in [1.165, 1.54) is 12.8 Å². The lowest BCUT2D eigenvalue weighted by molar-refractivity contribution is 0.459. The Kier molecular flexibility index (Phi) is 2.77. The molecule has 1 fully saturated rings. The van der Waals surface area contributed by atoms with E-state index in [0.717, 1.165) is 23.6 Å². The van der Waals surface area contributed by atoms with Gasteiger partial charge < -0.3 is 5.73 Å². The molecule has 0 aliphatic heterocycles. The first-order chi connectivity index (χ1) is 7.04. The lowest BCUT2D eigenvalue weighted by Gasteiger charge is -2.22. The molecule has 1 aromatic heterocycles. The molecule has 0 saturated heterocycles. The highest BCUT2D eigenvalue weighted by Gasteiger charge is 2.35. The van der Waals surface area contributed by atoms with Crippen molar-refractivity contribution >= 4 is 11.6 Å². The molecule has 0 amide bonds. The fourth-order valence-corrected chi connectivity index (χ4v) is 2.79. The summed E-state index contributed by atoms with van der Waals surface area (Å²) in [6.45, 7) is 4.14. The van der Waals surface area contributed by atoms with Gasteiger partial charge in [0.15, 0.2) is 0 Å². The Morgan fingerprint density at radius 3 is 2.53 bits per heavy atom. The minimum Gasteiger partial charge on any atom is -0.321 e. The first kappa shape index (κ1) is 11.0. The molecule has 1 saturated carbocycles. The number of rotatable bonds is 2. The number of halogens is 1. The topological polar surface area (TPSA) is 43.8 Å². The summed E-state index contributed by atoms with van der Waals surface area (Å²) in [5.74, 6) is 0. The lowest BCUT2D eigenvalue weighted by atomic mass is 9.92. The molecule has 3 nitrogen and oxygen atoms in total. The predicted molar refractivity (Wildman–Crippen MR) is 62.0 cm³/mol. The Balaban J connectivity index is 2.37. The van der Waals surface area contributed by atoms with Gasteiger partial charge in [0.05, 0.1) is 6.20 Å². The third-order valence-electron chi connectivity index (χ3n) is 3.26. The molecule has 0 bridgehead atoms. The van der Waals surface area contributed by atoms with Crippen LogP contribution in [0.5, 0.6) is 0 Å². The van der Waals surface area contributed by atoms with Crippen molar-refractivity contribution in [1.29, 1.82) is 0 Å². The Labute approximate surface area is 95.6 Å². The highest BCUT2D eigenvalue weighted by Crippen LogP contribution is 2.39. The summed E-state index contributed by atoms with van der Waals surface area (Å²) in [7, 11) is 0. The van der Waals surface area contributed by atoms with E-state index in [2.05, 4.69) is 18.9 Å². The van der Waals surface area contributed by atoms with Crippen LogP contribution in [-0.4, -0.2) is 9.78 Å². The maximum absolute atomic E-state index is 6.36. The van der Waals surface area contributed by atoms with Gasteiger partial charge in [-0.15, -0.1) is 0 Å². The van der Waals surface area contributed by atoms with Crippen molar-refractivity contribution in [3.8, 4) is 0 Å². The zero-order valence-corrected chi connectivity index (χ0v) is 10.1. The molecule has 0 unspecified atom stereocenters. The quantitative estimate of drug-likeness (QED) is 0.845. The Morgan fingerprint density at radius 1 is 1.47 bits per heavy atom. The van der Waals surface area contributed by atoms with Crippen LogP contribution < -0.4 is 5.73 Å². The SMILES string of the molecule is CC(C)n1ncc(C2(N)CCCC2)c1Cl. The minimum absolute atomic E-state index is 0.232. The molecule has 15 heavy (non-hydrogen) atoms. The third-order valence-corrected chi connectivity index (χ3v) is 3.63. The van der Waals surface area contributed by atoms with Gasteiger partial charge in [0.25, 0.3) is 0 Å². The normalized spacial score (nSPS) is 20.1. The first-order valence-electron chi connectivity index (χ1n) is 5.57. The van der Waals surface area contributed by atoms with Gasteiger partial charge in [0.2, 0.25) is 0 Å². The molecule has 0 spiro atoms. The maximum Gasteiger partial charge on any atom is 0.132 e. The second kappa shape index (κ2) is 3.80. The molecule has 1 aliphatic rings. The van der Waals surface area contributed by atoms with Crippen LogP contribution in [0.2, 0.25) is 5.15 Å². The fraction of sp³-hybridized carbons (Fsp3) is 0.727. The van der Waals surface area contributed by atoms with Gasteiger partial charge in [0, 0.05) is 17.1 Å². The summed E-state index contributed by atoms with van der Waals surface area (Å²) >= 11 is 6.31.